The van der Waals surface area contributed by atoms with E-state index in [1.807, 2.05) is 6.92 Å². The molecule has 0 aromatic heterocycles. The van der Waals surface area contributed by atoms with E-state index in [0.29, 0.717) is 5.92 Å². The van der Waals surface area contributed by atoms with Crippen LogP contribution in [0, 0.1) is 18.3 Å². The fourth-order valence-electron chi connectivity index (χ4n) is 0.594. The zero-order chi connectivity index (χ0) is 7.49. The summed E-state index contributed by atoms with van der Waals surface area (Å²) in [6, 6.07) is 0. The Morgan fingerprint density at radius 3 is 2.00 bits per heavy atom. The van der Waals surface area contributed by atoms with E-state index >= 15 is 0 Å². The van der Waals surface area contributed by atoms with Gasteiger partial charge in [-0.2, -0.15) is 5.92 Å². The number of hydrogen-bond acceptors (Lipinski definition) is 0. The molecule has 0 saturated carbocycles. The van der Waals surface area contributed by atoms with Gasteiger partial charge in [0, 0.05) is 0 Å². The van der Waals surface area contributed by atoms with E-state index < -0.39 is 0 Å². The van der Waals surface area contributed by atoms with Gasteiger partial charge in [0.15, 0.2) is 0 Å². The van der Waals surface area contributed by atoms with Crippen molar-refractivity contribution in [3.05, 3.63) is 19.1 Å². The van der Waals surface area contributed by atoms with Crippen LogP contribution in [0.3, 0.4) is 0 Å². The Kier molecular flexibility index (Phi) is 2.96. The van der Waals surface area contributed by atoms with Gasteiger partial charge < -0.3 is 6.92 Å². The highest BCUT2D eigenvalue weighted by atomic mass is 14.2. The van der Waals surface area contributed by atoms with Crippen LogP contribution in [0.15, 0.2) is 12.2 Å². The highest BCUT2D eigenvalue weighted by Crippen LogP contribution is 2.26. The molecular weight excluding hydrogens is 108 g/mol. The van der Waals surface area contributed by atoms with Crippen LogP contribution in [0.25, 0.3) is 0 Å². The lowest BCUT2D eigenvalue weighted by Gasteiger charge is -2.30. The van der Waals surface area contributed by atoms with Crippen LogP contribution in [-0.4, -0.2) is 0 Å². The number of allylic oxidation sites excluding steroid dienone is 2. The molecule has 1 atom stereocenters. The number of rotatable bonds is 2. The molecule has 0 N–H and O–H groups in total. The summed E-state index contributed by atoms with van der Waals surface area (Å²) < 4.78 is 0. The van der Waals surface area contributed by atoms with Crippen LogP contribution in [0.1, 0.15) is 27.7 Å². The molecule has 0 nitrogen and oxygen atoms in total. The molecule has 0 bridgehead atoms. The van der Waals surface area contributed by atoms with E-state index in [-0.39, 0.29) is 5.41 Å². The van der Waals surface area contributed by atoms with Crippen molar-refractivity contribution in [1.29, 1.82) is 0 Å². The first-order chi connectivity index (χ1) is 4.00. The zero-order valence-corrected chi connectivity index (χ0v) is 6.94. The summed E-state index contributed by atoms with van der Waals surface area (Å²) in [6.07, 6.45) is 4.28. The lowest BCUT2D eigenvalue weighted by Crippen LogP contribution is -2.15. The summed E-state index contributed by atoms with van der Waals surface area (Å²) in [5, 5.41) is 0. The zero-order valence-electron chi connectivity index (χ0n) is 6.94. The summed E-state index contributed by atoms with van der Waals surface area (Å²) in [5.74, 6) is 0.480. The molecular formula is C9H17-. The molecule has 9 heavy (non-hydrogen) atoms. The molecule has 0 aromatic carbocycles. The molecule has 0 spiro atoms. The third kappa shape index (κ3) is 2.69. The van der Waals surface area contributed by atoms with Crippen molar-refractivity contribution in [2.45, 2.75) is 27.7 Å². The van der Waals surface area contributed by atoms with Gasteiger partial charge in [-0.3, -0.25) is 0 Å². The Morgan fingerprint density at radius 2 is 1.89 bits per heavy atom. The molecule has 0 heteroatoms. The molecule has 0 aromatic rings. The van der Waals surface area contributed by atoms with Crippen LogP contribution in [-0.2, 0) is 0 Å². The molecule has 0 amide bonds. The van der Waals surface area contributed by atoms with Crippen molar-refractivity contribution in [2.24, 2.45) is 11.3 Å². The largest absolute Gasteiger partial charge is 0.340 e. The smallest absolute Gasteiger partial charge is 0.0422 e. The SMILES string of the molecule is [CH2-]C(C)C(C)(C)/C=C\C. The van der Waals surface area contributed by atoms with Gasteiger partial charge in [0.1, 0.15) is 0 Å². The van der Waals surface area contributed by atoms with Gasteiger partial charge in [0.2, 0.25) is 0 Å². The predicted molar refractivity (Wildman–Crippen MR) is 43.1 cm³/mol. The van der Waals surface area contributed by atoms with Crippen LogP contribution < -0.4 is 0 Å². The molecule has 0 fully saturated rings. The molecule has 1 unspecified atom stereocenters. The van der Waals surface area contributed by atoms with E-state index in [4.69, 9.17) is 0 Å². The first-order valence-electron chi connectivity index (χ1n) is 3.47. The van der Waals surface area contributed by atoms with Crippen LogP contribution >= 0.6 is 0 Å². The second-order valence-electron chi connectivity index (χ2n) is 3.22. The molecule has 0 saturated heterocycles. The fourth-order valence-corrected chi connectivity index (χ4v) is 0.594. The summed E-state index contributed by atoms with van der Waals surface area (Å²) in [6.45, 7) is 12.6. The number of hydrogen-bond donors (Lipinski definition) is 0. The molecule has 0 aliphatic carbocycles. The maximum atomic E-state index is 3.98. The summed E-state index contributed by atoms with van der Waals surface area (Å²) in [7, 11) is 0. The van der Waals surface area contributed by atoms with Gasteiger partial charge in [0.25, 0.3) is 0 Å². The monoisotopic (exact) mass is 125 g/mol. The minimum Gasteiger partial charge on any atom is -0.340 e. The van der Waals surface area contributed by atoms with Gasteiger partial charge in [-0.15, -0.1) is 0 Å². The second-order valence-corrected chi connectivity index (χ2v) is 3.22. The molecule has 0 aliphatic rings. The normalized spacial score (nSPS) is 16.6. The average Bonchev–Trinajstić information content (AvgIpc) is 1.65. The molecule has 0 aliphatic heterocycles. The Balaban J connectivity index is 4.01. The Bertz CT molecular complexity index is 96.6. The lowest BCUT2D eigenvalue weighted by atomic mass is 9.81. The standard InChI is InChI=1S/C9H17/c1-6-7-9(4,5)8(2)3/h6-8H,2H2,1,3-5H3/q-1/b7-6-. The Morgan fingerprint density at radius 1 is 1.44 bits per heavy atom. The third-order valence-electron chi connectivity index (χ3n) is 1.87. The van der Waals surface area contributed by atoms with Gasteiger partial charge in [0.05, 0.1) is 0 Å². The highest BCUT2D eigenvalue weighted by Gasteiger charge is 2.11. The van der Waals surface area contributed by atoms with E-state index in [2.05, 4.69) is 39.8 Å². The van der Waals surface area contributed by atoms with Gasteiger partial charge in [-0.05, 0) is 12.3 Å². The first kappa shape index (κ1) is 8.74. The molecule has 0 rings (SSSR count). The summed E-state index contributed by atoms with van der Waals surface area (Å²) in [5.41, 5.74) is 0.259. The van der Waals surface area contributed by atoms with E-state index in [0.717, 1.165) is 0 Å². The Labute approximate surface area is 59.0 Å². The van der Waals surface area contributed by atoms with Gasteiger partial charge in [-0.25, -0.2) is 0 Å². The van der Waals surface area contributed by atoms with Crippen molar-refractivity contribution in [3.63, 3.8) is 0 Å². The van der Waals surface area contributed by atoms with E-state index in [1.165, 1.54) is 0 Å². The maximum Gasteiger partial charge on any atom is -0.0422 e. The van der Waals surface area contributed by atoms with Crippen molar-refractivity contribution in [2.75, 3.05) is 0 Å². The predicted octanol–water partition coefficient (Wildman–Crippen LogP) is 3.06. The van der Waals surface area contributed by atoms with Crippen LogP contribution in [0.5, 0.6) is 0 Å². The highest BCUT2D eigenvalue weighted by molar-refractivity contribution is 4.96. The molecule has 54 valence electrons. The van der Waals surface area contributed by atoms with Crippen molar-refractivity contribution in [3.8, 4) is 0 Å². The maximum absolute atomic E-state index is 3.98. The van der Waals surface area contributed by atoms with Crippen molar-refractivity contribution >= 4 is 0 Å². The lowest BCUT2D eigenvalue weighted by molar-refractivity contribution is 0.365. The minimum absolute atomic E-state index is 0.259. The Hall–Kier alpha value is -0.260. The first-order valence-corrected chi connectivity index (χ1v) is 3.47. The van der Waals surface area contributed by atoms with Crippen molar-refractivity contribution in [1.82, 2.24) is 0 Å². The van der Waals surface area contributed by atoms with Crippen LogP contribution in [0.4, 0.5) is 0 Å². The van der Waals surface area contributed by atoms with Crippen molar-refractivity contribution < 1.29 is 0 Å². The summed E-state index contributed by atoms with van der Waals surface area (Å²) in [4.78, 5) is 0. The van der Waals surface area contributed by atoms with Gasteiger partial charge >= 0.3 is 0 Å². The van der Waals surface area contributed by atoms with Gasteiger partial charge in [-0.1, -0.05) is 32.9 Å². The third-order valence-corrected chi connectivity index (χ3v) is 1.87. The van der Waals surface area contributed by atoms with E-state index in [9.17, 15) is 0 Å². The molecule has 0 radical (unpaired) electrons. The van der Waals surface area contributed by atoms with Crippen LogP contribution in [0.2, 0.25) is 0 Å². The summed E-state index contributed by atoms with van der Waals surface area (Å²) >= 11 is 0. The van der Waals surface area contributed by atoms with E-state index in [1.54, 1.807) is 0 Å². The average molecular weight is 125 g/mol. The quantitative estimate of drug-likeness (QED) is 0.393. The molecule has 0 heterocycles. The second kappa shape index (κ2) is 3.05. The fraction of sp³-hybridized carbons (Fsp3) is 0.667. The topological polar surface area (TPSA) is 0 Å². The minimum atomic E-state index is 0.259.